The third-order valence-electron chi connectivity index (χ3n) is 3.73. The molecule has 4 heteroatoms. The van der Waals surface area contributed by atoms with Gasteiger partial charge in [0.1, 0.15) is 5.75 Å². The smallest absolute Gasteiger partial charge is 0.257 e. The number of benzene rings is 1. The Morgan fingerprint density at radius 1 is 1.18 bits per heavy atom. The molecule has 0 atom stereocenters. The molecule has 1 amide bonds. The molecule has 1 aromatic carbocycles. The van der Waals surface area contributed by atoms with Crippen molar-refractivity contribution in [2.75, 3.05) is 20.7 Å². The molecule has 1 aromatic heterocycles. The van der Waals surface area contributed by atoms with Crippen LogP contribution in [0, 0.1) is 0 Å². The van der Waals surface area contributed by atoms with E-state index >= 15 is 0 Å². The highest BCUT2D eigenvalue weighted by molar-refractivity contribution is 5.97. The molecular formula is C18H22N2O2. The molecule has 0 saturated carbocycles. The van der Waals surface area contributed by atoms with Crippen LogP contribution < -0.4 is 4.74 Å². The van der Waals surface area contributed by atoms with Crippen molar-refractivity contribution in [2.24, 2.45) is 0 Å². The summed E-state index contributed by atoms with van der Waals surface area (Å²) >= 11 is 0. The van der Waals surface area contributed by atoms with Gasteiger partial charge in [-0.25, -0.2) is 0 Å². The third kappa shape index (κ3) is 3.85. The summed E-state index contributed by atoms with van der Waals surface area (Å²) in [6, 6.07) is 9.71. The maximum absolute atomic E-state index is 12.6. The second kappa shape index (κ2) is 7.59. The number of pyridine rings is 1. The van der Waals surface area contributed by atoms with Crippen molar-refractivity contribution < 1.29 is 9.53 Å². The number of carbonyl (C=O) groups is 1. The molecule has 116 valence electrons. The lowest BCUT2D eigenvalue weighted by Gasteiger charge is -2.19. The number of amides is 1. The quantitative estimate of drug-likeness (QED) is 0.823. The number of ether oxygens (including phenoxy) is 1. The van der Waals surface area contributed by atoms with Gasteiger partial charge in [0.25, 0.3) is 5.91 Å². The predicted octanol–water partition coefficient (Wildman–Crippen LogP) is 2.97. The fraction of sp³-hybridized carbons (Fsp3) is 0.333. The maximum Gasteiger partial charge on any atom is 0.257 e. The van der Waals surface area contributed by atoms with Crippen molar-refractivity contribution in [3.05, 3.63) is 59.4 Å². The Morgan fingerprint density at radius 3 is 2.55 bits per heavy atom. The maximum atomic E-state index is 12.6. The lowest BCUT2D eigenvalue weighted by Crippen LogP contribution is -2.29. The number of hydrogen-bond donors (Lipinski definition) is 0. The van der Waals surface area contributed by atoms with Crippen molar-refractivity contribution in [1.82, 2.24) is 9.88 Å². The SMILES string of the molecule is CCc1ccc(OC)c(C(=O)N(C)CCc2ccncc2)c1. The average molecular weight is 298 g/mol. The predicted molar refractivity (Wildman–Crippen MR) is 87.3 cm³/mol. The summed E-state index contributed by atoms with van der Waals surface area (Å²) in [5.41, 5.74) is 2.93. The second-order valence-corrected chi connectivity index (χ2v) is 5.22. The number of aryl methyl sites for hydroxylation is 1. The van der Waals surface area contributed by atoms with Crippen LogP contribution in [0.15, 0.2) is 42.7 Å². The van der Waals surface area contributed by atoms with Crippen LogP contribution in [0.2, 0.25) is 0 Å². The van der Waals surface area contributed by atoms with E-state index in [9.17, 15) is 4.79 Å². The summed E-state index contributed by atoms with van der Waals surface area (Å²) in [6.45, 7) is 2.73. The van der Waals surface area contributed by atoms with Gasteiger partial charge in [0.15, 0.2) is 0 Å². The van der Waals surface area contributed by atoms with Gasteiger partial charge >= 0.3 is 0 Å². The highest BCUT2D eigenvalue weighted by Gasteiger charge is 2.17. The van der Waals surface area contributed by atoms with Crippen LogP contribution in [0.5, 0.6) is 5.75 Å². The lowest BCUT2D eigenvalue weighted by atomic mass is 10.1. The zero-order valence-electron chi connectivity index (χ0n) is 13.4. The Bertz CT molecular complexity index is 626. The third-order valence-corrected chi connectivity index (χ3v) is 3.73. The Hall–Kier alpha value is -2.36. The van der Waals surface area contributed by atoms with Gasteiger partial charge in [-0.3, -0.25) is 9.78 Å². The van der Waals surface area contributed by atoms with E-state index in [1.54, 1.807) is 24.4 Å². The van der Waals surface area contributed by atoms with Gasteiger partial charge in [0.2, 0.25) is 0 Å². The molecule has 1 heterocycles. The van der Waals surface area contributed by atoms with E-state index in [-0.39, 0.29) is 5.91 Å². The molecule has 0 spiro atoms. The molecule has 0 fully saturated rings. The van der Waals surface area contributed by atoms with E-state index in [2.05, 4.69) is 11.9 Å². The van der Waals surface area contributed by atoms with Gasteiger partial charge in [0, 0.05) is 26.0 Å². The number of methoxy groups -OCH3 is 1. The van der Waals surface area contributed by atoms with Crippen molar-refractivity contribution in [3.8, 4) is 5.75 Å². The minimum Gasteiger partial charge on any atom is -0.496 e. The summed E-state index contributed by atoms with van der Waals surface area (Å²) in [6.07, 6.45) is 5.24. The standard InChI is InChI=1S/C18H22N2O2/c1-4-14-5-6-17(22-3)16(13-14)18(21)20(2)12-9-15-7-10-19-11-8-15/h5-8,10-11,13H,4,9,12H2,1-3H3. The molecule has 0 saturated heterocycles. The fourth-order valence-electron chi connectivity index (χ4n) is 2.30. The largest absolute Gasteiger partial charge is 0.496 e. The molecule has 0 unspecified atom stereocenters. The monoisotopic (exact) mass is 298 g/mol. The molecule has 0 aliphatic carbocycles. The summed E-state index contributed by atoms with van der Waals surface area (Å²) in [7, 11) is 3.41. The highest BCUT2D eigenvalue weighted by atomic mass is 16.5. The Labute approximate surface area is 131 Å². The van der Waals surface area contributed by atoms with E-state index in [4.69, 9.17) is 4.74 Å². The molecule has 0 N–H and O–H groups in total. The molecule has 0 aliphatic rings. The molecule has 2 rings (SSSR count). The number of rotatable bonds is 6. The topological polar surface area (TPSA) is 42.4 Å². The second-order valence-electron chi connectivity index (χ2n) is 5.22. The molecular weight excluding hydrogens is 276 g/mol. The van der Waals surface area contributed by atoms with Gasteiger partial charge in [-0.2, -0.15) is 0 Å². The first-order chi connectivity index (χ1) is 10.7. The Kier molecular flexibility index (Phi) is 5.53. The van der Waals surface area contributed by atoms with E-state index in [1.165, 1.54) is 5.56 Å². The van der Waals surface area contributed by atoms with Gasteiger partial charge < -0.3 is 9.64 Å². The van der Waals surface area contributed by atoms with Crippen molar-refractivity contribution >= 4 is 5.91 Å². The van der Waals surface area contributed by atoms with E-state index in [0.717, 1.165) is 18.4 Å². The molecule has 4 nitrogen and oxygen atoms in total. The Balaban J connectivity index is 2.09. The summed E-state index contributed by atoms with van der Waals surface area (Å²) in [4.78, 5) is 18.4. The van der Waals surface area contributed by atoms with E-state index in [0.29, 0.717) is 17.9 Å². The number of hydrogen-bond acceptors (Lipinski definition) is 3. The lowest BCUT2D eigenvalue weighted by molar-refractivity contribution is 0.0793. The average Bonchev–Trinajstić information content (AvgIpc) is 2.59. The van der Waals surface area contributed by atoms with Gasteiger partial charge in [0.05, 0.1) is 12.7 Å². The highest BCUT2D eigenvalue weighted by Crippen LogP contribution is 2.21. The van der Waals surface area contributed by atoms with Crippen molar-refractivity contribution in [3.63, 3.8) is 0 Å². The summed E-state index contributed by atoms with van der Waals surface area (Å²) in [5.74, 6) is 0.610. The number of carbonyl (C=O) groups excluding carboxylic acids is 1. The molecule has 0 radical (unpaired) electrons. The van der Waals surface area contributed by atoms with Crippen LogP contribution in [0.1, 0.15) is 28.4 Å². The molecule has 2 aromatic rings. The zero-order valence-corrected chi connectivity index (χ0v) is 13.4. The first-order valence-corrected chi connectivity index (χ1v) is 7.47. The minimum atomic E-state index is -0.0128. The Morgan fingerprint density at radius 2 is 1.91 bits per heavy atom. The van der Waals surface area contributed by atoms with Crippen LogP contribution in [0.25, 0.3) is 0 Å². The van der Waals surface area contributed by atoms with Crippen LogP contribution in [0.3, 0.4) is 0 Å². The number of aromatic nitrogens is 1. The first kappa shape index (κ1) is 16.0. The number of likely N-dealkylation sites (N-methyl/N-ethyl adjacent to an activating group) is 1. The van der Waals surface area contributed by atoms with Crippen LogP contribution >= 0.6 is 0 Å². The fourth-order valence-corrected chi connectivity index (χ4v) is 2.30. The van der Waals surface area contributed by atoms with E-state index < -0.39 is 0 Å². The number of nitrogens with zero attached hydrogens (tertiary/aromatic N) is 2. The van der Waals surface area contributed by atoms with Crippen molar-refractivity contribution in [1.29, 1.82) is 0 Å². The first-order valence-electron chi connectivity index (χ1n) is 7.47. The van der Waals surface area contributed by atoms with Gasteiger partial charge in [-0.05, 0) is 48.2 Å². The van der Waals surface area contributed by atoms with Crippen molar-refractivity contribution in [2.45, 2.75) is 19.8 Å². The molecule has 22 heavy (non-hydrogen) atoms. The van der Waals surface area contributed by atoms with E-state index in [1.807, 2.05) is 37.4 Å². The minimum absolute atomic E-state index is 0.0128. The molecule has 0 aliphatic heterocycles. The normalized spacial score (nSPS) is 10.3. The van der Waals surface area contributed by atoms with Crippen LogP contribution in [-0.4, -0.2) is 36.5 Å². The van der Waals surface area contributed by atoms with Gasteiger partial charge in [-0.15, -0.1) is 0 Å². The van der Waals surface area contributed by atoms with Crippen LogP contribution in [0.4, 0.5) is 0 Å². The zero-order chi connectivity index (χ0) is 15.9. The van der Waals surface area contributed by atoms with Crippen LogP contribution in [-0.2, 0) is 12.8 Å². The summed E-state index contributed by atoms with van der Waals surface area (Å²) < 4.78 is 5.32. The summed E-state index contributed by atoms with van der Waals surface area (Å²) in [5, 5.41) is 0. The molecule has 0 bridgehead atoms. The van der Waals surface area contributed by atoms with Gasteiger partial charge in [-0.1, -0.05) is 13.0 Å².